The number of rotatable bonds is 3. The maximum absolute atomic E-state index is 13.2. The van der Waals surface area contributed by atoms with Crippen molar-refractivity contribution < 1.29 is 13.7 Å². The zero-order valence-electron chi connectivity index (χ0n) is 8.30. The summed E-state index contributed by atoms with van der Waals surface area (Å²) in [4.78, 5) is 9.42. The second kappa shape index (κ2) is 4.96. The normalized spacial score (nSPS) is 10.5. The Morgan fingerprint density at radius 1 is 1.35 bits per heavy atom. The Labute approximate surface area is 93.6 Å². The maximum Gasteiger partial charge on any atom is 0.305 e. The van der Waals surface area contributed by atoms with E-state index in [2.05, 4.69) is 10.2 Å². The summed E-state index contributed by atoms with van der Waals surface area (Å²) in [5.74, 6) is -2.65. The number of nitrogens with two attached hydrogens (primary N) is 2. The molecule has 0 radical (unpaired) electrons. The molecule has 17 heavy (non-hydrogen) atoms. The summed E-state index contributed by atoms with van der Waals surface area (Å²) >= 11 is 0. The van der Waals surface area contributed by atoms with E-state index < -0.39 is 22.2 Å². The highest BCUT2D eigenvalue weighted by molar-refractivity contribution is 5.82. The molecule has 7 nitrogen and oxygen atoms in total. The number of benzene rings is 1. The number of halogens is 2. The van der Waals surface area contributed by atoms with Crippen LogP contribution >= 0.6 is 0 Å². The van der Waals surface area contributed by atoms with Gasteiger partial charge in [-0.1, -0.05) is 0 Å². The molecule has 0 saturated heterocycles. The number of hydrogen-bond acceptors (Lipinski definition) is 4. The third kappa shape index (κ3) is 3.19. The average molecular weight is 243 g/mol. The van der Waals surface area contributed by atoms with Crippen molar-refractivity contribution in [3.05, 3.63) is 39.4 Å². The summed E-state index contributed by atoms with van der Waals surface area (Å²) in [6, 6.07) is 1.07. The van der Waals surface area contributed by atoms with Crippen LogP contribution in [0, 0.1) is 21.7 Å². The minimum Gasteiger partial charge on any atom is -0.369 e. The van der Waals surface area contributed by atoms with E-state index in [1.165, 1.54) is 0 Å². The molecule has 1 aromatic rings. The maximum atomic E-state index is 13.2. The van der Waals surface area contributed by atoms with Gasteiger partial charge in [0, 0.05) is 17.7 Å². The number of nitrogens with zero attached hydrogens (tertiary/aromatic N) is 3. The van der Waals surface area contributed by atoms with Gasteiger partial charge in [0.1, 0.15) is 5.82 Å². The van der Waals surface area contributed by atoms with Crippen LogP contribution in [-0.2, 0) is 0 Å². The minimum absolute atomic E-state index is 0.303. The number of guanidine groups is 1. The molecule has 0 unspecified atom stereocenters. The topological polar surface area (TPSA) is 120 Å². The van der Waals surface area contributed by atoms with E-state index in [-0.39, 0.29) is 11.5 Å². The smallest absolute Gasteiger partial charge is 0.305 e. The van der Waals surface area contributed by atoms with Gasteiger partial charge < -0.3 is 11.5 Å². The third-order valence-electron chi connectivity index (χ3n) is 1.63. The highest BCUT2D eigenvalue weighted by Gasteiger charge is 2.17. The Hall–Kier alpha value is -2.58. The summed E-state index contributed by atoms with van der Waals surface area (Å²) in [5.41, 5.74) is 8.73. The first-order valence-corrected chi connectivity index (χ1v) is 4.17. The van der Waals surface area contributed by atoms with Gasteiger partial charge in [-0.2, -0.15) is 9.49 Å². The van der Waals surface area contributed by atoms with Gasteiger partial charge in [0.2, 0.25) is 11.8 Å². The molecule has 4 N–H and O–H groups in total. The first-order chi connectivity index (χ1) is 7.91. The lowest BCUT2D eigenvalue weighted by molar-refractivity contribution is -0.387. The van der Waals surface area contributed by atoms with Gasteiger partial charge in [-0.25, -0.2) is 4.39 Å². The average Bonchev–Trinajstić information content (AvgIpc) is 2.20. The molecule has 0 aromatic heterocycles. The predicted octanol–water partition coefficient (Wildman–Crippen LogP) is 0.480. The van der Waals surface area contributed by atoms with Gasteiger partial charge in [-0.15, -0.1) is 5.10 Å². The van der Waals surface area contributed by atoms with Crippen LogP contribution in [0.3, 0.4) is 0 Å². The molecular formula is C8H7F2N5O2. The van der Waals surface area contributed by atoms with Crippen LogP contribution in [0.15, 0.2) is 22.3 Å². The van der Waals surface area contributed by atoms with Crippen molar-refractivity contribution in [2.75, 3.05) is 0 Å². The molecule has 1 aromatic carbocycles. The van der Waals surface area contributed by atoms with E-state index in [0.29, 0.717) is 12.1 Å². The van der Waals surface area contributed by atoms with Crippen molar-refractivity contribution in [1.29, 1.82) is 0 Å². The Balaban J connectivity index is 3.17. The van der Waals surface area contributed by atoms with E-state index in [9.17, 15) is 18.9 Å². The fourth-order valence-electron chi connectivity index (χ4n) is 0.950. The zero-order chi connectivity index (χ0) is 13.0. The molecule has 0 atom stereocenters. The van der Waals surface area contributed by atoms with Crippen LogP contribution in [0.5, 0.6) is 0 Å². The van der Waals surface area contributed by atoms with Crippen molar-refractivity contribution >= 4 is 17.9 Å². The van der Waals surface area contributed by atoms with Crippen molar-refractivity contribution in [1.82, 2.24) is 0 Å². The minimum atomic E-state index is -1.27. The van der Waals surface area contributed by atoms with Crippen LogP contribution in [-0.4, -0.2) is 17.1 Å². The highest BCUT2D eigenvalue weighted by atomic mass is 19.1. The molecule has 0 aliphatic heterocycles. The summed E-state index contributed by atoms with van der Waals surface area (Å²) in [7, 11) is 0. The van der Waals surface area contributed by atoms with Gasteiger partial charge in [0.15, 0.2) is 0 Å². The van der Waals surface area contributed by atoms with Crippen LogP contribution in [0.1, 0.15) is 5.56 Å². The standard InChI is InChI=1S/C8H7F2N5O2/c9-5-2-6(10)7(15(16)17)1-4(5)3-13-14-8(11)12/h1-3H,(H4,11,12,14). The molecule has 0 aliphatic rings. The van der Waals surface area contributed by atoms with Gasteiger partial charge in [-0.3, -0.25) is 10.1 Å². The second-order valence-corrected chi connectivity index (χ2v) is 2.85. The molecule has 0 fully saturated rings. The van der Waals surface area contributed by atoms with E-state index >= 15 is 0 Å². The Morgan fingerprint density at radius 3 is 2.53 bits per heavy atom. The molecular weight excluding hydrogens is 236 g/mol. The molecule has 0 aliphatic carbocycles. The Bertz CT molecular complexity index is 511. The van der Waals surface area contributed by atoms with Crippen LogP contribution < -0.4 is 11.5 Å². The number of hydrogen-bond donors (Lipinski definition) is 2. The molecule has 0 bridgehead atoms. The van der Waals surface area contributed by atoms with E-state index in [1.807, 2.05) is 0 Å². The third-order valence-corrected chi connectivity index (χ3v) is 1.63. The molecule has 9 heteroatoms. The van der Waals surface area contributed by atoms with Gasteiger partial charge >= 0.3 is 5.69 Å². The quantitative estimate of drug-likeness (QED) is 0.347. The zero-order valence-corrected chi connectivity index (χ0v) is 8.30. The Morgan fingerprint density at radius 2 is 2.00 bits per heavy atom. The lowest BCUT2D eigenvalue weighted by atomic mass is 10.2. The van der Waals surface area contributed by atoms with Crippen molar-refractivity contribution in [2.24, 2.45) is 21.7 Å². The SMILES string of the molecule is NC(N)=NN=Cc1cc([N+](=O)[O-])c(F)cc1F. The lowest BCUT2D eigenvalue weighted by Gasteiger charge is -1.97. The Kier molecular flexibility index (Phi) is 3.65. The van der Waals surface area contributed by atoms with E-state index in [0.717, 1.165) is 6.21 Å². The van der Waals surface area contributed by atoms with Crippen molar-refractivity contribution in [3.8, 4) is 0 Å². The highest BCUT2D eigenvalue weighted by Crippen LogP contribution is 2.20. The van der Waals surface area contributed by atoms with Gasteiger partial charge in [0.25, 0.3) is 0 Å². The summed E-state index contributed by atoms with van der Waals surface area (Å²) in [6.45, 7) is 0. The number of nitro benzene ring substituents is 1. The van der Waals surface area contributed by atoms with Crippen molar-refractivity contribution in [3.63, 3.8) is 0 Å². The summed E-state index contributed by atoms with van der Waals surface area (Å²) < 4.78 is 26.1. The fraction of sp³-hybridized carbons (Fsp3) is 0. The molecule has 0 amide bonds. The molecule has 1 rings (SSSR count). The lowest BCUT2D eigenvalue weighted by Crippen LogP contribution is -2.21. The van der Waals surface area contributed by atoms with E-state index in [4.69, 9.17) is 11.5 Å². The summed E-state index contributed by atoms with van der Waals surface area (Å²) in [6.07, 6.45) is 0.835. The molecule has 0 saturated carbocycles. The van der Waals surface area contributed by atoms with Crippen molar-refractivity contribution in [2.45, 2.75) is 0 Å². The molecule has 0 heterocycles. The first kappa shape index (κ1) is 12.5. The monoisotopic (exact) mass is 243 g/mol. The van der Waals surface area contributed by atoms with Crippen LogP contribution in [0.25, 0.3) is 0 Å². The van der Waals surface area contributed by atoms with E-state index in [1.54, 1.807) is 0 Å². The second-order valence-electron chi connectivity index (χ2n) is 2.85. The fourth-order valence-corrected chi connectivity index (χ4v) is 0.950. The van der Waals surface area contributed by atoms with Crippen LogP contribution in [0.4, 0.5) is 14.5 Å². The number of nitro groups is 1. The van der Waals surface area contributed by atoms with Gasteiger partial charge in [0.05, 0.1) is 11.1 Å². The predicted molar refractivity (Wildman–Crippen MR) is 56.4 cm³/mol. The molecule has 90 valence electrons. The van der Waals surface area contributed by atoms with Gasteiger partial charge in [-0.05, 0) is 0 Å². The van der Waals surface area contributed by atoms with Crippen LogP contribution in [0.2, 0.25) is 0 Å². The summed E-state index contributed by atoms with van der Waals surface area (Å²) in [5, 5.41) is 16.8. The largest absolute Gasteiger partial charge is 0.369 e. The molecule has 0 spiro atoms. The first-order valence-electron chi connectivity index (χ1n) is 4.17.